The first-order chi connectivity index (χ1) is 14.0. The number of ether oxygens (including phenoxy) is 2. The molecule has 1 heterocycles. The van der Waals surface area contributed by atoms with Gasteiger partial charge in [0.05, 0.1) is 25.0 Å². The van der Waals surface area contributed by atoms with Crippen LogP contribution in [0.4, 0.5) is 0 Å². The SMILES string of the molecule is COc1ccc(S(=O)(=O)N2CCCC(C(=O)NC3CCCCCC3)C2)cc1OC. The van der Waals surface area contributed by atoms with Crippen LogP contribution in [0.15, 0.2) is 23.1 Å². The number of hydrogen-bond donors (Lipinski definition) is 1. The topological polar surface area (TPSA) is 84.9 Å². The van der Waals surface area contributed by atoms with Crippen LogP contribution < -0.4 is 14.8 Å². The zero-order chi connectivity index (χ0) is 20.9. The highest BCUT2D eigenvalue weighted by Gasteiger charge is 2.34. The van der Waals surface area contributed by atoms with Gasteiger partial charge in [0.25, 0.3) is 0 Å². The second-order valence-electron chi connectivity index (χ2n) is 7.92. The minimum atomic E-state index is -3.71. The number of nitrogens with zero attached hydrogens (tertiary/aromatic N) is 1. The minimum absolute atomic E-state index is 0.0101. The number of methoxy groups -OCH3 is 2. The molecule has 7 nitrogen and oxygen atoms in total. The smallest absolute Gasteiger partial charge is 0.243 e. The predicted octanol–water partition coefficient (Wildman–Crippen LogP) is 2.94. The number of benzene rings is 1. The Kier molecular flexibility index (Phi) is 7.40. The molecule has 3 rings (SSSR count). The van der Waals surface area contributed by atoms with Crippen molar-refractivity contribution in [2.24, 2.45) is 5.92 Å². The van der Waals surface area contributed by atoms with Crippen molar-refractivity contribution >= 4 is 15.9 Å². The Morgan fingerprint density at radius 1 is 1.00 bits per heavy atom. The molecule has 0 radical (unpaired) electrons. The number of carbonyl (C=O) groups excluding carboxylic acids is 1. The molecule has 8 heteroatoms. The monoisotopic (exact) mass is 424 g/mol. The molecule has 1 aromatic rings. The summed E-state index contributed by atoms with van der Waals surface area (Å²) in [5, 5.41) is 3.18. The van der Waals surface area contributed by atoms with Crippen LogP contribution >= 0.6 is 0 Å². The molecule has 1 amide bonds. The van der Waals surface area contributed by atoms with Crippen molar-refractivity contribution in [3.63, 3.8) is 0 Å². The quantitative estimate of drug-likeness (QED) is 0.710. The van der Waals surface area contributed by atoms with Crippen LogP contribution in [0.25, 0.3) is 0 Å². The van der Waals surface area contributed by atoms with Crippen LogP contribution in [-0.4, -0.2) is 52.0 Å². The summed E-state index contributed by atoms with van der Waals surface area (Å²) in [5.74, 6) is 0.532. The number of hydrogen-bond acceptors (Lipinski definition) is 5. The first kappa shape index (κ1) is 21.9. The number of amides is 1. The molecular formula is C21H32N2O5S. The van der Waals surface area contributed by atoms with Crippen LogP contribution in [0, 0.1) is 5.92 Å². The summed E-state index contributed by atoms with van der Waals surface area (Å²) in [6.07, 6.45) is 8.19. The molecule has 1 aromatic carbocycles. The number of nitrogens with one attached hydrogen (secondary N) is 1. The fourth-order valence-electron chi connectivity index (χ4n) is 4.24. The summed E-state index contributed by atoms with van der Waals surface area (Å²) < 4.78 is 38.2. The van der Waals surface area contributed by atoms with Crippen LogP contribution in [0.5, 0.6) is 11.5 Å². The number of carbonyl (C=O) groups is 1. The van der Waals surface area contributed by atoms with Crippen molar-refractivity contribution in [1.29, 1.82) is 0 Å². The van der Waals surface area contributed by atoms with E-state index in [1.165, 1.54) is 43.5 Å². The summed E-state index contributed by atoms with van der Waals surface area (Å²) in [6.45, 7) is 0.638. The highest BCUT2D eigenvalue weighted by atomic mass is 32.2. The lowest BCUT2D eigenvalue weighted by atomic mass is 9.97. The van der Waals surface area contributed by atoms with Gasteiger partial charge < -0.3 is 14.8 Å². The van der Waals surface area contributed by atoms with Gasteiger partial charge in [-0.15, -0.1) is 0 Å². The molecule has 1 unspecified atom stereocenters. The van der Waals surface area contributed by atoms with Crippen molar-refractivity contribution in [3.8, 4) is 11.5 Å². The van der Waals surface area contributed by atoms with Gasteiger partial charge >= 0.3 is 0 Å². The van der Waals surface area contributed by atoms with Gasteiger partial charge in [0.15, 0.2) is 11.5 Å². The minimum Gasteiger partial charge on any atom is -0.493 e. The highest BCUT2D eigenvalue weighted by molar-refractivity contribution is 7.89. The number of rotatable bonds is 6. The second-order valence-corrected chi connectivity index (χ2v) is 9.85. The highest BCUT2D eigenvalue weighted by Crippen LogP contribution is 2.32. The molecule has 1 atom stereocenters. The summed E-state index contributed by atoms with van der Waals surface area (Å²) >= 11 is 0. The third kappa shape index (κ3) is 5.22. The molecule has 162 valence electrons. The summed E-state index contributed by atoms with van der Waals surface area (Å²) in [7, 11) is -0.724. The van der Waals surface area contributed by atoms with E-state index in [2.05, 4.69) is 5.32 Å². The lowest BCUT2D eigenvalue weighted by Gasteiger charge is -2.32. The fourth-order valence-corrected chi connectivity index (χ4v) is 5.78. The maximum atomic E-state index is 13.2. The summed E-state index contributed by atoms with van der Waals surface area (Å²) in [6, 6.07) is 4.81. The van der Waals surface area contributed by atoms with E-state index in [9.17, 15) is 13.2 Å². The standard InChI is InChI=1S/C21H32N2O5S/c1-27-19-12-11-18(14-20(19)28-2)29(25,26)23-13-7-8-16(15-23)21(24)22-17-9-5-3-4-6-10-17/h11-12,14,16-17H,3-10,13,15H2,1-2H3,(H,22,24). The van der Waals surface area contributed by atoms with Crippen LogP contribution in [0.3, 0.4) is 0 Å². The predicted molar refractivity (Wildman–Crippen MR) is 111 cm³/mol. The Balaban J connectivity index is 1.69. The van der Waals surface area contributed by atoms with Crippen molar-refractivity contribution < 1.29 is 22.7 Å². The van der Waals surface area contributed by atoms with Crippen LogP contribution in [-0.2, 0) is 14.8 Å². The second kappa shape index (κ2) is 9.80. The Labute approximate surface area is 173 Å². The first-order valence-electron chi connectivity index (χ1n) is 10.5. The Morgan fingerprint density at radius 2 is 1.69 bits per heavy atom. The van der Waals surface area contributed by atoms with E-state index in [4.69, 9.17) is 9.47 Å². The average Bonchev–Trinajstić information content (AvgIpc) is 3.01. The van der Waals surface area contributed by atoms with E-state index in [-0.39, 0.29) is 29.3 Å². The van der Waals surface area contributed by atoms with Gasteiger partial charge in [-0.2, -0.15) is 4.31 Å². The average molecular weight is 425 g/mol. The van der Waals surface area contributed by atoms with Gasteiger partial charge in [0, 0.05) is 25.2 Å². The van der Waals surface area contributed by atoms with E-state index in [1.807, 2.05) is 0 Å². The molecular weight excluding hydrogens is 392 g/mol. The van der Waals surface area contributed by atoms with Gasteiger partial charge in [-0.25, -0.2) is 8.42 Å². The summed E-state index contributed by atoms with van der Waals surface area (Å²) in [5.41, 5.74) is 0. The maximum absolute atomic E-state index is 13.2. The molecule has 29 heavy (non-hydrogen) atoms. The molecule has 1 aliphatic heterocycles. The van der Waals surface area contributed by atoms with E-state index < -0.39 is 10.0 Å². The zero-order valence-electron chi connectivity index (χ0n) is 17.4. The van der Waals surface area contributed by atoms with E-state index in [1.54, 1.807) is 6.07 Å². The molecule has 0 bridgehead atoms. The molecule has 2 fully saturated rings. The fraction of sp³-hybridized carbons (Fsp3) is 0.667. The lowest BCUT2D eigenvalue weighted by Crippen LogP contribution is -2.47. The van der Waals surface area contributed by atoms with Gasteiger partial charge in [0.2, 0.25) is 15.9 Å². The molecule has 1 N–H and O–H groups in total. The molecule has 0 aromatic heterocycles. The lowest BCUT2D eigenvalue weighted by molar-refractivity contribution is -0.126. The van der Waals surface area contributed by atoms with Gasteiger partial charge in [-0.1, -0.05) is 25.7 Å². The van der Waals surface area contributed by atoms with E-state index in [0.29, 0.717) is 24.5 Å². The normalized spacial score (nSPS) is 21.9. The Hall–Kier alpha value is -1.80. The van der Waals surface area contributed by atoms with Gasteiger partial charge in [-0.05, 0) is 37.8 Å². The summed E-state index contributed by atoms with van der Waals surface area (Å²) in [4.78, 5) is 13.0. The van der Waals surface area contributed by atoms with Gasteiger partial charge in [0.1, 0.15) is 0 Å². The maximum Gasteiger partial charge on any atom is 0.243 e. The van der Waals surface area contributed by atoms with Crippen LogP contribution in [0.2, 0.25) is 0 Å². The van der Waals surface area contributed by atoms with Crippen molar-refractivity contribution in [1.82, 2.24) is 9.62 Å². The van der Waals surface area contributed by atoms with Crippen molar-refractivity contribution in [2.45, 2.75) is 62.3 Å². The molecule has 1 saturated carbocycles. The zero-order valence-corrected chi connectivity index (χ0v) is 18.2. The van der Waals surface area contributed by atoms with Gasteiger partial charge in [-0.3, -0.25) is 4.79 Å². The van der Waals surface area contributed by atoms with Crippen LogP contribution in [0.1, 0.15) is 51.4 Å². The largest absolute Gasteiger partial charge is 0.493 e. The third-order valence-electron chi connectivity index (χ3n) is 5.95. The van der Waals surface area contributed by atoms with Crippen molar-refractivity contribution in [2.75, 3.05) is 27.3 Å². The van der Waals surface area contributed by atoms with E-state index in [0.717, 1.165) is 32.1 Å². The molecule has 1 saturated heterocycles. The number of piperidine rings is 1. The Bertz CT molecular complexity index is 803. The molecule has 1 aliphatic carbocycles. The number of sulfonamides is 1. The molecule has 2 aliphatic rings. The van der Waals surface area contributed by atoms with E-state index >= 15 is 0 Å². The molecule has 0 spiro atoms. The third-order valence-corrected chi connectivity index (χ3v) is 7.81. The van der Waals surface area contributed by atoms with Crippen molar-refractivity contribution in [3.05, 3.63) is 18.2 Å². The Morgan fingerprint density at radius 3 is 2.34 bits per heavy atom. The first-order valence-corrected chi connectivity index (χ1v) is 11.9.